The summed E-state index contributed by atoms with van der Waals surface area (Å²) in [6, 6.07) is 0.627. The van der Waals surface area contributed by atoms with Crippen molar-refractivity contribution < 1.29 is 0 Å². The lowest BCUT2D eigenvalue weighted by molar-refractivity contribution is 0.128. The fourth-order valence-corrected chi connectivity index (χ4v) is 3.14. The SMILES string of the molecule is CCCC[C@]1(NC(C)C)CCCC[C@H]1C. The monoisotopic (exact) mass is 211 g/mol. The fourth-order valence-electron chi connectivity index (χ4n) is 3.14. The molecule has 0 heterocycles. The lowest BCUT2D eigenvalue weighted by Gasteiger charge is -2.45. The molecule has 0 saturated heterocycles. The summed E-state index contributed by atoms with van der Waals surface area (Å²) in [7, 11) is 0. The number of nitrogens with one attached hydrogen (secondary N) is 1. The van der Waals surface area contributed by atoms with Crippen LogP contribution in [0.3, 0.4) is 0 Å². The highest BCUT2D eigenvalue weighted by molar-refractivity contribution is 4.96. The Morgan fingerprint density at radius 2 is 2.07 bits per heavy atom. The Bertz CT molecular complexity index is 176. The smallest absolute Gasteiger partial charge is 0.0209 e. The molecule has 0 radical (unpaired) electrons. The van der Waals surface area contributed by atoms with Gasteiger partial charge in [-0.2, -0.15) is 0 Å². The van der Waals surface area contributed by atoms with Crippen molar-refractivity contribution in [3.63, 3.8) is 0 Å². The second kappa shape index (κ2) is 5.89. The van der Waals surface area contributed by atoms with Gasteiger partial charge >= 0.3 is 0 Å². The molecular weight excluding hydrogens is 182 g/mol. The van der Waals surface area contributed by atoms with Gasteiger partial charge in [0.05, 0.1) is 0 Å². The largest absolute Gasteiger partial charge is 0.309 e. The van der Waals surface area contributed by atoms with Crippen LogP contribution in [0.4, 0.5) is 0 Å². The third-order valence-corrected chi connectivity index (χ3v) is 4.01. The molecular formula is C14H29N. The Morgan fingerprint density at radius 3 is 2.60 bits per heavy atom. The number of hydrogen-bond donors (Lipinski definition) is 1. The van der Waals surface area contributed by atoms with Crippen molar-refractivity contribution >= 4 is 0 Å². The molecule has 2 atom stereocenters. The van der Waals surface area contributed by atoms with E-state index in [1.54, 1.807) is 0 Å². The van der Waals surface area contributed by atoms with Crippen LogP contribution in [0.25, 0.3) is 0 Å². The molecule has 0 spiro atoms. The second-order valence-electron chi connectivity index (χ2n) is 5.71. The van der Waals surface area contributed by atoms with E-state index < -0.39 is 0 Å². The average molecular weight is 211 g/mol. The lowest BCUT2D eigenvalue weighted by Crippen LogP contribution is -2.54. The molecule has 0 aromatic heterocycles. The first-order valence-electron chi connectivity index (χ1n) is 6.88. The highest BCUT2D eigenvalue weighted by Gasteiger charge is 2.37. The van der Waals surface area contributed by atoms with E-state index in [1.165, 1.54) is 44.9 Å². The summed E-state index contributed by atoms with van der Waals surface area (Å²) in [4.78, 5) is 0. The number of hydrogen-bond acceptors (Lipinski definition) is 1. The summed E-state index contributed by atoms with van der Waals surface area (Å²) in [5.74, 6) is 0.861. The average Bonchev–Trinajstić information content (AvgIpc) is 2.18. The van der Waals surface area contributed by atoms with Crippen molar-refractivity contribution in [3.8, 4) is 0 Å². The van der Waals surface area contributed by atoms with Crippen molar-refractivity contribution in [2.45, 2.75) is 84.2 Å². The van der Waals surface area contributed by atoms with Gasteiger partial charge in [-0.05, 0) is 25.2 Å². The van der Waals surface area contributed by atoms with Crippen LogP contribution in [0.5, 0.6) is 0 Å². The van der Waals surface area contributed by atoms with Gasteiger partial charge in [-0.25, -0.2) is 0 Å². The van der Waals surface area contributed by atoms with Crippen LogP contribution in [0, 0.1) is 5.92 Å². The highest BCUT2D eigenvalue weighted by atomic mass is 15.0. The third kappa shape index (κ3) is 3.48. The van der Waals surface area contributed by atoms with E-state index in [-0.39, 0.29) is 0 Å². The molecule has 1 nitrogen and oxygen atoms in total. The maximum atomic E-state index is 3.88. The first-order valence-corrected chi connectivity index (χ1v) is 6.88. The lowest BCUT2D eigenvalue weighted by atomic mass is 9.70. The van der Waals surface area contributed by atoms with E-state index in [1.807, 2.05) is 0 Å². The van der Waals surface area contributed by atoms with Gasteiger partial charge < -0.3 is 5.32 Å². The Morgan fingerprint density at radius 1 is 1.33 bits per heavy atom. The van der Waals surface area contributed by atoms with Gasteiger partial charge in [0.1, 0.15) is 0 Å². The summed E-state index contributed by atoms with van der Waals surface area (Å²) in [6.45, 7) is 9.32. The molecule has 1 saturated carbocycles. The van der Waals surface area contributed by atoms with Gasteiger partial charge in [0.15, 0.2) is 0 Å². The maximum absolute atomic E-state index is 3.88. The Hall–Kier alpha value is -0.0400. The Kier molecular flexibility index (Phi) is 5.11. The summed E-state index contributed by atoms with van der Waals surface area (Å²) < 4.78 is 0. The molecule has 1 N–H and O–H groups in total. The van der Waals surface area contributed by atoms with Crippen molar-refractivity contribution in [1.82, 2.24) is 5.32 Å². The van der Waals surface area contributed by atoms with Crippen molar-refractivity contribution in [3.05, 3.63) is 0 Å². The predicted octanol–water partition coefficient (Wildman–Crippen LogP) is 4.12. The van der Waals surface area contributed by atoms with Crippen LogP contribution in [0.1, 0.15) is 72.6 Å². The van der Waals surface area contributed by atoms with Gasteiger partial charge in [-0.3, -0.25) is 0 Å². The minimum atomic E-state index is 0.461. The van der Waals surface area contributed by atoms with E-state index in [2.05, 4.69) is 33.0 Å². The number of rotatable bonds is 5. The van der Waals surface area contributed by atoms with E-state index in [9.17, 15) is 0 Å². The first-order chi connectivity index (χ1) is 7.10. The van der Waals surface area contributed by atoms with E-state index in [0.29, 0.717) is 11.6 Å². The zero-order valence-corrected chi connectivity index (χ0v) is 11.1. The molecule has 15 heavy (non-hydrogen) atoms. The van der Waals surface area contributed by atoms with Gasteiger partial charge in [-0.1, -0.05) is 53.4 Å². The topological polar surface area (TPSA) is 12.0 Å². The quantitative estimate of drug-likeness (QED) is 0.721. The van der Waals surface area contributed by atoms with E-state index in [4.69, 9.17) is 0 Å². The van der Waals surface area contributed by atoms with E-state index >= 15 is 0 Å². The van der Waals surface area contributed by atoms with Crippen LogP contribution < -0.4 is 5.32 Å². The standard InChI is InChI=1S/C14H29N/c1-5-6-10-14(15-12(2)3)11-8-7-9-13(14)4/h12-13,15H,5-11H2,1-4H3/t13-,14+/m1/s1. The molecule has 0 bridgehead atoms. The zero-order chi connectivity index (χ0) is 11.3. The van der Waals surface area contributed by atoms with Crippen LogP contribution in [0.15, 0.2) is 0 Å². The molecule has 1 aliphatic carbocycles. The normalized spacial score (nSPS) is 32.2. The van der Waals surface area contributed by atoms with Crippen LogP contribution in [0.2, 0.25) is 0 Å². The maximum Gasteiger partial charge on any atom is 0.0209 e. The van der Waals surface area contributed by atoms with Crippen molar-refractivity contribution in [1.29, 1.82) is 0 Å². The molecule has 1 aliphatic rings. The molecule has 1 heteroatoms. The molecule has 0 aromatic carbocycles. The molecule has 90 valence electrons. The highest BCUT2D eigenvalue weighted by Crippen LogP contribution is 2.37. The van der Waals surface area contributed by atoms with Crippen LogP contribution >= 0.6 is 0 Å². The first kappa shape index (κ1) is 13.0. The van der Waals surface area contributed by atoms with Crippen LogP contribution in [-0.4, -0.2) is 11.6 Å². The minimum absolute atomic E-state index is 0.461. The molecule has 0 amide bonds. The Balaban J connectivity index is 2.64. The zero-order valence-electron chi connectivity index (χ0n) is 11.1. The predicted molar refractivity (Wildman–Crippen MR) is 68.2 cm³/mol. The summed E-state index contributed by atoms with van der Waals surface area (Å²) in [6.07, 6.45) is 9.76. The molecule has 0 unspecified atom stereocenters. The van der Waals surface area contributed by atoms with Gasteiger partial charge in [0.2, 0.25) is 0 Å². The minimum Gasteiger partial charge on any atom is -0.309 e. The fraction of sp³-hybridized carbons (Fsp3) is 1.00. The van der Waals surface area contributed by atoms with Gasteiger partial charge in [-0.15, -0.1) is 0 Å². The summed E-state index contributed by atoms with van der Waals surface area (Å²) in [5.41, 5.74) is 0.461. The second-order valence-corrected chi connectivity index (χ2v) is 5.71. The van der Waals surface area contributed by atoms with Gasteiger partial charge in [0, 0.05) is 11.6 Å². The summed E-state index contributed by atoms with van der Waals surface area (Å²) in [5, 5.41) is 3.88. The molecule has 0 aromatic rings. The van der Waals surface area contributed by atoms with Gasteiger partial charge in [0.25, 0.3) is 0 Å². The summed E-state index contributed by atoms with van der Waals surface area (Å²) >= 11 is 0. The Labute approximate surface area is 96.0 Å². The van der Waals surface area contributed by atoms with Crippen molar-refractivity contribution in [2.24, 2.45) is 5.92 Å². The molecule has 1 rings (SSSR count). The number of unbranched alkanes of at least 4 members (excludes halogenated alkanes) is 1. The molecule has 1 fully saturated rings. The van der Waals surface area contributed by atoms with Crippen molar-refractivity contribution in [2.75, 3.05) is 0 Å². The van der Waals surface area contributed by atoms with Crippen LogP contribution in [-0.2, 0) is 0 Å². The van der Waals surface area contributed by atoms with E-state index in [0.717, 1.165) is 5.92 Å². The third-order valence-electron chi connectivity index (χ3n) is 4.01. The molecule has 0 aliphatic heterocycles.